The first-order valence-corrected chi connectivity index (χ1v) is 6.73. The molecule has 0 unspecified atom stereocenters. The van der Waals surface area contributed by atoms with Crippen LogP contribution in [0.15, 0.2) is 24.3 Å². The minimum absolute atomic E-state index is 0.0300. The summed E-state index contributed by atoms with van der Waals surface area (Å²) in [5.74, 6) is -0.857. The molecule has 9 heteroatoms. The highest BCUT2D eigenvalue weighted by atomic mass is 19.4. The number of amides is 1. The van der Waals surface area contributed by atoms with Crippen LogP contribution in [-0.2, 0) is 6.54 Å². The van der Waals surface area contributed by atoms with Gasteiger partial charge in [0, 0.05) is 25.2 Å². The highest BCUT2D eigenvalue weighted by Crippen LogP contribution is 2.55. The van der Waals surface area contributed by atoms with Crippen molar-refractivity contribution in [2.45, 2.75) is 25.3 Å². The highest BCUT2D eigenvalue weighted by Gasteiger charge is 2.72. The number of hydrogen-bond donors (Lipinski definition) is 1. The fraction of sp³-hybridized carbons (Fsp3) is 0.500. The van der Waals surface area contributed by atoms with Gasteiger partial charge in [-0.3, -0.25) is 4.79 Å². The fourth-order valence-electron chi connectivity index (χ4n) is 2.57. The molecular weight excluding hydrogens is 326 g/mol. The first-order valence-electron chi connectivity index (χ1n) is 6.73. The van der Waals surface area contributed by atoms with Gasteiger partial charge in [0.2, 0.25) is 0 Å². The molecule has 1 fully saturated rings. The van der Waals surface area contributed by atoms with Crippen LogP contribution in [0.3, 0.4) is 0 Å². The summed E-state index contributed by atoms with van der Waals surface area (Å²) in [6, 6.07) is 5.69. The third-order valence-electron chi connectivity index (χ3n) is 4.08. The van der Waals surface area contributed by atoms with Gasteiger partial charge in [0.15, 0.2) is 5.41 Å². The van der Waals surface area contributed by atoms with E-state index in [-0.39, 0.29) is 12.1 Å². The van der Waals surface area contributed by atoms with Crippen molar-refractivity contribution in [2.75, 3.05) is 13.1 Å². The highest BCUT2D eigenvalue weighted by molar-refractivity contribution is 5.94. The van der Waals surface area contributed by atoms with E-state index >= 15 is 0 Å². The number of halogens is 6. The van der Waals surface area contributed by atoms with Gasteiger partial charge in [-0.1, -0.05) is 12.1 Å². The Morgan fingerprint density at radius 1 is 1.09 bits per heavy atom. The third kappa shape index (κ3) is 3.01. The molecule has 23 heavy (non-hydrogen) atoms. The quantitative estimate of drug-likeness (QED) is 0.841. The second-order valence-electron chi connectivity index (χ2n) is 5.46. The molecule has 1 saturated heterocycles. The van der Waals surface area contributed by atoms with Crippen molar-refractivity contribution in [3.63, 3.8) is 0 Å². The summed E-state index contributed by atoms with van der Waals surface area (Å²) in [7, 11) is 0. The number of hydrogen-bond acceptors (Lipinski definition) is 2. The van der Waals surface area contributed by atoms with E-state index in [9.17, 15) is 31.1 Å². The molecule has 1 aromatic carbocycles. The third-order valence-corrected chi connectivity index (χ3v) is 4.08. The number of nitrogens with two attached hydrogens (primary N) is 1. The molecular formula is C14H14F6N2O. The van der Waals surface area contributed by atoms with E-state index in [0.717, 1.165) is 0 Å². The SMILES string of the molecule is NCc1ccc(C(=O)N2CCC(C(F)(F)F)(C(F)(F)F)C2)cc1. The maximum Gasteiger partial charge on any atom is 0.404 e. The normalized spacial score (nSPS) is 18.3. The number of carbonyl (C=O) groups excluding carboxylic acids is 1. The standard InChI is InChI=1S/C14H14F6N2O/c15-13(16,17)12(14(18,19)20)5-6-22(8-12)11(23)10-3-1-9(7-21)2-4-10/h1-4H,5-8,21H2. The Bertz CT molecular complexity index is 564. The number of carbonyl (C=O) groups is 1. The largest absolute Gasteiger partial charge is 0.404 e. The van der Waals surface area contributed by atoms with E-state index in [1.807, 2.05) is 0 Å². The van der Waals surface area contributed by atoms with Crippen molar-refractivity contribution in [2.24, 2.45) is 11.1 Å². The molecule has 0 bridgehead atoms. The van der Waals surface area contributed by atoms with Gasteiger partial charge in [-0.05, 0) is 24.1 Å². The van der Waals surface area contributed by atoms with Crippen LogP contribution < -0.4 is 5.73 Å². The van der Waals surface area contributed by atoms with E-state index in [1.165, 1.54) is 24.3 Å². The zero-order chi connectivity index (χ0) is 17.5. The summed E-state index contributed by atoms with van der Waals surface area (Å²) in [4.78, 5) is 12.7. The lowest BCUT2D eigenvalue weighted by atomic mass is 9.85. The number of benzene rings is 1. The maximum atomic E-state index is 13.0. The number of nitrogens with zero attached hydrogens (tertiary/aromatic N) is 1. The molecule has 1 amide bonds. The molecule has 1 aromatic rings. The lowest BCUT2D eigenvalue weighted by Crippen LogP contribution is -2.52. The first-order chi connectivity index (χ1) is 10.5. The molecule has 2 N–H and O–H groups in total. The van der Waals surface area contributed by atoms with Crippen LogP contribution in [-0.4, -0.2) is 36.2 Å². The molecule has 1 aliphatic heterocycles. The Morgan fingerprint density at radius 3 is 2.00 bits per heavy atom. The summed E-state index contributed by atoms with van der Waals surface area (Å²) in [6.45, 7) is -1.81. The topological polar surface area (TPSA) is 46.3 Å². The van der Waals surface area contributed by atoms with Crippen LogP contribution in [0, 0.1) is 5.41 Å². The predicted octanol–water partition coefficient (Wildman–Crippen LogP) is 3.10. The molecule has 3 nitrogen and oxygen atoms in total. The summed E-state index contributed by atoms with van der Waals surface area (Å²) in [5.41, 5.74) is 2.24. The van der Waals surface area contributed by atoms with Gasteiger partial charge in [-0.15, -0.1) is 0 Å². The predicted molar refractivity (Wildman–Crippen MR) is 69.4 cm³/mol. The Kier molecular flexibility index (Phi) is 4.36. The fourth-order valence-corrected chi connectivity index (χ4v) is 2.57. The molecule has 0 saturated carbocycles. The summed E-state index contributed by atoms with van der Waals surface area (Å²) in [5, 5.41) is 0. The number of likely N-dealkylation sites (tertiary alicyclic amines) is 1. The van der Waals surface area contributed by atoms with E-state index < -0.39 is 43.2 Å². The molecule has 128 valence electrons. The summed E-state index contributed by atoms with van der Waals surface area (Å²) >= 11 is 0. The van der Waals surface area contributed by atoms with Crippen LogP contribution >= 0.6 is 0 Å². The zero-order valence-corrected chi connectivity index (χ0v) is 11.8. The van der Waals surface area contributed by atoms with Crippen LogP contribution in [0.5, 0.6) is 0 Å². The summed E-state index contributed by atoms with van der Waals surface area (Å²) in [6.07, 6.45) is -12.1. The van der Waals surface area contributed by atoms with Gasteiger partial charge in [-0.2, -0.15) is 26.3 Å². The van der Waals surface area contributed by atoms with E-state index in [2.05, 4.69) is 0 Å². The molecule has 1 aliphatic rings. The second kappa shape index (κ2) is 5.70. The van der Waals surface area contributed by atoms with Crippen LogP contribution in [0.1, 0.15) is 22.3 Å². The van der Waals surface area contributed by atoms with Crippen molar-refractivity contribution in [1.82, 2.24) is 4.90 Å². The zero-order valence-electron chi connectivity index (χ0n) is 11.8. The smallest absolute Gasteiger partial charge is 0.337 e. The molecule has 0 aliphatic carbocycles. The molecule has 0 aromatic heterocycles. The van der Waals surface area contributed by atoms with Gasteiger partial charge >= 0.3 is 12.4 Å². The average molecular weight is 340 g/mol. The second-order valence-corrected chi connectivity index (χ2v) is 5.46. The monoisotopic (exact) mass is 340 g/mol. The Labute approximate surface area is 128 Å². The Hall–Kier alpha value is -1.77. The molecule has 2 rings (SSSR count). The molecule has 0 atom stereocenters. The Balaban J connectivity index is 2.25. The van der Waals surface area contributed by atoms with Crippen molar-refractivity contribution in [1.29, 1.82) is 0 Å². The van der Waals surface area contributed by atoms with Crippen molar-refractivity contribution < 1.29 is 31.1 Å². The average Bonchev–Trinajstić information content (AvgIpc) is 2.92. The van der Waals surface area contributed by atoms with E-state index in [4.69, 9.17) is 5.73 Å². The maximum absolute atomic E-state index is 13.0. The van der Waals surface area contributed by atoms with Crippen molar-refractivity contribution >= 4 is 5.91 Å². The van der Waals surface area contributed by atoms with Gasteiger partial charge in [0.05, 0.1) is 0 Å². The van der Waals surface area contributed by atoms with Gasteiger partial charge in [0.25, 0.3) is 5.91 Å². The van der Waals surface area contributed by atoms with Crippen LogP contribution in [0.2, 0.25) is 0 Å². The van der Waals surface area contributed by atoms with Crippen molar-refractivity contribution in [3.05, 3.63) is 35.4 Å². The Morgan fingerprint density at radius 2 is 1.61 bits per heavy atom. The van der Waals surface area contributed by atoms with Crippen molar-refractivity contribution in [3.8, 4) is 0 Å². The van der Waals surface area contributed by atoms with E-state index in [0.29, 0.717) is 10.5 Å². The van der Waals surface area contributed by atoms with Gasteiger partial charge in [0.1, 0.15) is 0 Å². The van der Waals surface area contributed by atoms with Gasteiger partial charge in [-0.25, -0.2) is 0 Å². The van der Waals surface area contributed by atoms with Crippen LogP contribution in [0.25, 0.3) is 0 Å². The lowest BCUT2D eigenvalue weighted by molar-refractivity contribution is -0.334. The minimum atomic E-state index is -5.47. The lowest BCUT2D eigenvalue weighted by Gasteiger charge is -2.33. The number of alkyl halides is 6. The first kappa shape index (κ1) is 17.6. The minimum Gasteiger partial charge on any atom is -0.337 e. The van der Waals surface area contributed by atoms with Crippen LogP contribution in [0.4, 0.5) is 26.3 Å². The van der Waals surface area contributed by atoms with Gasteiger partial charge < -0.3 is 10.6 Å². The molecule has 0 radical (unpaired) electrons. The number of rotatable bonds is 2. The summed E-state index contributed by atoms with van der Waals surface area (Å²) < 4.78 is 77.9. The molecule has 1 heterocycles. The molecule has 0 spiro atoms. The van der Waals surface area contributed by atoms with E-state index in [1.54, 1.807) is 0 Å².